The van der Waals surface area contributed by atoms with E-state index in [0.29, 0.717) is 31.2 Å². The number of carbonyl (C=O) groups is 2. The summed E-state index contributed by atoms with van der Waals surface area (Å²) in [5.41, 5.74) is 1.18. The first kappa shape index (κ1) is 15.6. The molecule has 3 aromatic rings. The van der Waals surface area contributed by atoms with Gasteiger partial charge in [0.1, 0.15) is 0 Å². The number of aromatic amines is 1. The number of furan rings is 1. The average Bonchev–Trinajstić information content (AvgIpc) is 3.31. The summed E-state index contributed by atoms with van der Waals surface area (Å²) in [7, 11) is 0. The first-order chi connectivity index (χ1) is 12.2. The minimum Gasteiger partial charge on any atom is -0.461 e. The van der Waals surface area contributed by atoms with Crippen molar-refractivity contribution in [3.05, 3.63) is 54.1 Å². The number of Topliss-reactive ketones (excluding diaryl/α,β-unsaturated/α-hetero) is 1. The number of hydrogen-bond donors (Lipinski definition) is 1. The number of morpholine rings is 1. The molecule has 0 spiro atoms. The van der Waals surface area contributed by atoms with E-state index in [0.717, 1.165) is 10.9 Å². The molecule has 0 saturated carbocycles. The van der Waals surface area contributed by atoms with Crippen molar-refractivity contribution in [2.24, 2.45) is 0 Å². The van der Waals surface area contributed by atoms with Gasteiger partial charge in [-0.2, -0.15) is 5.10 Å². The van der Waals surface area contributed by atoms with Gasteiger partial charge in [-0.15, -0.1) is 0 Å². The molecule has 1 aliphatic rings. The third-order valence-corrected chi connectivity index (χ3v) is 4.38. The summed E-state index contributed by atoms with van der Waals surface area (Å²) in [6.07, 6.45) is 1.62. The Hall–Kier alpha value is -2.93. The maximum absolute atomic E-state index is 13.0. The van der Waals surface area contributed by atoms with Gasteiger partial charge in [-0.05, 0) is 18.2 Å². The molecule has 1 aromatic carbocycles. The van der Waals surface area contributed by atoms with E-state index in [-0.39, 0.29) is 24.2 Å². The average molecular weight is 339 g/mol. The van der Waals surface area contributed by atoms with Crippen molar-refractivity contribution in [1.82, 2.24) is 15.1 Å². The summed E-state index contributed by atoms with van der Waals surface area (Å²) < 4.78 is 10.6. The van der Waals surface area contributed by atoms with E-state index >= 15 is 0 Å². The Morgan fingerprint density at radius 3 is 2.96 bits per heavy atom. The van der Waals surface area contributed by atoms with Gasteiger partial charge in [-0.3, -0.25) is 14.7 Å². The molecule has 0 unspecified atom stereocenters. The lowest BCUT2D eigenvalue weighted by Gasteiger charge is -2.34. The van der Waals surface area contributed by atoms with E-state index in [1.165, 1.54) is 6.26 Å². The van der Waals surface area contributed by atoms with E-state index in [1.54, 1.807) is 17.0 Å². The molecule has 1 amide bonds. The number of rotatable bonds is 4. The molecule has 1 atom stereocenters. The Kier molecular flexibility index (Phi) is 4.07. The van der Waals surface area contributed by atoms with Crippen LogP contribution >= 0.6 is 0 Å². The quantitative estimate of drug-likeness (QED) is 0.737. The zero-order valence-corrected chi connectivity index (χ0v) is 13.5. The molecule has 2 aromatic heterocycles. The Morgan fingerprint density at radius 2 is 2.12 bits per heavy atom. The number of carbonyl (C=O) groups excluding carboxylic acids is 2. The molecule has 1 N–H and O–H groups in total. The highest BCUT2D eigenvalue weighted by atomic mass is 16.5. The van der Waals surface area contributed by atoms with Gasteiger partial charge in [-0.25, -0.2) is 0 Å². The lowest BCUT2D eigenvalue weighted by molar-refractivity contribution is -0.00323. The van der Waals surface area contributed by atoms with E-state index in [9.17, 15) is 9.59 Å². The number of nitrogens with zero attached hydrogens (tertiary/aromatic N) is 2. The summed E-state index contributed by atoms with van der Waals surface area (Å²) in [5, 5.41) is 7.82. The fourth-order valence-corrected chi connectivity index (χ4v) is 3.11. The van der Waals surface area contributed by atoms with E-state index in [1.807, 2.05) is 24.3 Å². The van der Waals surface area contributed by atoms with Crippen molar-refractivity contribution in [1.29, 1.82) is 0 Å². The number of ether oxygens (including phenoxy) is 1. The van der Waals surface area contributed by atoms with Crippen LogP contribution in [0.25, 0.3) is 10.9 Å². The van der Waals surface area contributed by atoms with Crippen LogP contribution in [-0.2, 0) is 4.74 Å². The van der Waals surface area contributed by atoms with Crippen molar-refractivity contribution >= 4 is 22.6 Å². The summed E-state index contributed by atoms with van der Waals surface area (Å²) in [4.78, 5) is 27.0. The van der Waals surface area contributed by atoms with Gasteiger partial charge in [0.05, 0.1) is 31.0 Å². The third kappa shape index (κ3) is 2.94. The molecule has 3 heterocycles. The monoisotopic (exact) mass is 339 g/mol. The third-order valence-electron chi connectivity index (χ3n) is 4.38. The Bertz CT molecular complexity index is 900. The topological polar surface area (TPSA) is 88.4 Å². The van der Waals surface area contributed by atoms with E-state index in [2.05, 4.69) is 10.2 Å². The smallest absolute Gasteiger partial charge is 0.275 e. The number of benzene rings is 1. The van der Waals surface area contributed by atoms with Crippen molar-refractivity contribution in [2.75, 3.05) is 19.8 Å². The Balaban J connectivity index is 1.58. The highest BCUT2D eigenvalue weighted by Gasteiger charge is 2.32. The number of ketones is 1. The SMILES string of the molecule is O=C(C[C@H]1COCCN1C(=O)c1n[nH]c2ccccc12)c1ccco1. The minimum absolute atomic E-state index is 0.148. The van der Waals surface area contributed by atoms with Crippen molar-refractivity contribution < 1.29 is 18.7 Å². The zero-order chi connectivity index (χ0) is 17.2. The molecule has 1 fully saturated rings. The molecule has 0 bridgehead atoms. The number of fused-ring (bicyclic) bond motifs is 1. The molecule has 1 saturated heterocycles. The normalized spacial score (nSPS) is 17.8. The van der Waals surface area contributed by atoms with Gasteiger partial charge in [0.25, 0.3) is 5.91 Å². The molecule has 0 aliphatic carbocycles. The van der Waals surface area contributed by atoms with Crippen LogP contribution in [0.3, 0.4) is 0 Å². The second-order valence-electron chi connectivity index (χ2n) is 5.95. The number of amides is 1. The summed E-state index contributed by atoms with van der Waals surface area (Å²) in [6, 6.07) is 10.4. The summed E-state index contributed by atoms with van der Waals surface area (Å²) in [6.45, 7) is 1.19. The van der Waals surface area contributed by atoms with Gasteiger partial charge in [-0.1, -0.05) is 18.2 Å². The van der Waals surface area contributed by atoms with Crippen LogP contribution in [0, 0.1) is 0 Å². The predicted octanol–water partition coefficient (Wildman–Crippen LogP) is 2.27. The summed E-state index contributed by atoms with van der Waals surface area (Å²) >= 11 is 0. The van der Waals surface area contributed by atoms with Gasteiger partial charge >= 0.3 is 0 Å². The number of hydrogen-bond acceptors (Lipinski definition) is 5. The maximum Gasteiger partial charge on any atom is 0.275 e. The van der Waals surface area contributed by atoms with Crippen LogP contribution in [0.2, 0.25) is 0 Å². The lowest BCUT2D eigenvalue weighted by atomic mass is 10.1. The molecular weight excluding hydrogens is 322 g/mol. The second-order valence-corrected chi connectivity index (χ2v) is 5.95. The van der Waals surface area contributed by atoms with Gasteiger partial charge < -0.3 is 14.1 Å². The largest absolute Gasteiger partial charge is 0.461 e. The van der Waals surface area contributed by atoms with Crippen LogP contribution in [0.1, 0.15) is 27.5 Å². The molecule has 0 radical (unpaired) electrons. The van der Waals surface area contributed by atoms with Crippen molar-refractivity contribution in [3.63, 3.8) is 0 Å². The zero-order valence-electron chi connectivity index (χ0n) is 13.5. The molecule has 7 heteroatoms. The lowest BCUT2D eigenvalue weighted by Crippen LogP contribution is -2.49. The van der Waals surface area contributed by atoms with Crippen molar-refractivity contribution in [3.8, 4) is 0 Å². The highest BCUT2D eigenvalue weighted by Crippen LogP contribution is 2.21. The number of aromatic nitrogens is 2. The van der Waals surface area contributed by atoms with Crippen LogP contribution < -0.4 is 0 Å². The fourth-order valence-electron chi connectivity index (χ4n) is 3.11. The number of nitrogens with one attached hydrogen (secondary N) is 1. The van der Waals surface area contributed by atoms with Crippen LogP contribution in [-0.4, -0.2) is 52.6 Å². The first-order valence-electron chi connectivity index (χ1n) is 8.12. The van der Waals surface area contributed by atoms with E-state index < -0.39 is 0 Å². The number of H-pyrrole nitrogens is 1. The standard InChI is InChI=1S/C18H17N3O4/c22-15(16-6-3-8-25-16)10-12-11-24-9-7-21(12)18(23)17-13-4-1-2-5-14(13)19-20-17/h1-6,8,12H,7,9-11H2,(H,19,20)/t12-/m0/s1. The van der Waals surface area contributed by atoms with Gasteiger partial charge in [0, 0.05) is 18.4 Å². The van der Waals surface area contributed by atoms with Gasteiger partial charge in [0.2, 0.25) is 0 Å². The molecule has 1 aliphatic heterocycles. The van der Waals surface area contributed by atoms with E-state index in [4.69, 9.17) is 9.15 Å². The molecule has 25 heavy (non-hydrogen) atoms. The highest BCUT2D eigenvalue weighted by molar-refractivity contribution is 6.05. The predicted molar refractivity (Wildman–Crippen MR) is 89.4 cm³/mol. The summed E-state index contributed by atoms with van der Waals surface area (Å²) in [5.74, 6) is -0.0497. The van der Waals surface area contributed by atoms with Crippen LogP contribution in [0.4, 0.5) is 0 Å². The maximum atomic E-state index is 13.0. The molecule has 7 nitrogen and oxygen atoms in total. The van der Waals surface area contributed by atoms with Crippen LogP contribution in [0.5, 0.6) is 0 Å². The molecule has 4 rings (SSSR count). The Morgan fingerprint density at radius 1 is 1.24 bits per heavy atom. The fraction of sp³-hybridized carbons (Fsp3) is 0.278. The minimum atomic E-state index is -0.339. The number of para-hydroxylation sites is 1. The van der Waals surface area contributed by atoms with Crippen LogP contribution in [0.15, 0.2) is 47.1 Å². The molecular formula is C18H17N3O4. The van der Waals surface area contributed by atoms with Crippen molar-refractivity contribution in [2.45, 2.75) is 12.5 Å². The Labute approximate surface area is 143 Å². The molecule has 128 valence electrons. The second kappa shape index (κ2) is 6.52. The van der Waals surface area contributed by atoms with Gasteiger partial charge in [0.15, 0.2) is 17.2 Å². The first-order valence-corrected chi connectivity index (χ1v) is 8.12.